The maximum absolute atomic E-state index is 12.9. The Labute approximate surface area is 491 Å². The summed E-state index contributed by atoms with van der Waals surface area (Å²) in [5.41, 5.74) is 0. The van der Waals surface area contributed by atoms with E-state index < -0.39 is 6.10 Å². The second-order valence-electron chi connectivity index (χ2n) is 23.4. The molecule has 0 aliphatic rings. The summed E-state index contributed by atoms with van der Waals surface area (Å²) >= 11 is 0. The molecule has 0 aromatic carbocycles. The highest BCUT2D eigenvalue weighted by Crippen LogP contribution is 2.18. The van der Waals surface area contributed by atoms with E-state index in [0.29, 0.717) is 19.3 Å². The SMILES string of the molecule is CC/C=C\C/C=C\C/C=C\C/C=C\CCCCCCCCCCCCC(=O)OC(COC(=O)CCCCCCC/C=C\CCCC)COC(=O)CCCCCCCCCCCCCCCCCCCCCCCCCCCCC. The molecule has 6 heteroatoms. The Hall–Kier alpha value is -2.89. The van der Waals surface area contributed by atoms with Crippen molar-refractivity contribution in [2.45, 2.75) is 374 Å². The lowest BCUT2D eigenvalue weighted by atomic mass is 10.0. The number of carbonyl (C=O) groups is 3. The number of ether oxygens (including phenoxy) is 3. The first-order chi connectivity index (χ1) is 39.0. The van der Waals surface area contributed by atoms with Gasteiger partial charge in [-0.1, -0.05) is 332 Å². The summed E-state index contributed by atoms with van der Waals surface area (Å²) < 4.78 is 16.9. The number of hydrogen-bond acceptors (Lipinski definition) is 6. The zero-order valence-electron chi connectivity index (χ0n) is 52.9. The van der Waals surface area contributed by atoms with Crippen LogP contribution in [0.3, 0.4) is 0 Å². The van der Waals surface area contributed by atoms with Gasteiger partial charge in [-0.15, -0.1) is 0 Å². The molecule has 0 rings (SSSR count). The topological polar surface area (TPSA) is 78.9 Å². The Kier molecular flexibility index (Phi) is 65.1. The van der Waals surface area contributed by atoms with E-state index in [1.54, 1.807) is 0 Å². The third-order valence-electron chi connectivity index (χ3n) is 15.5. The summed E-state index contributed by atoms with van der Waals surface area (Å²) in [5, 5.41) is 0. The van der Waals surface area contributed by atoms with E-state index >= 15 is 0 Å². The fourth-order valence-corrected chi connectivity index (χ4v) is 10.3. The largest absolute Gasteiger partial charge is 0.462 e. The minimum Gasteiger partial charge on any atom is -0.462 e. The summed E-state index contributed by atoms with van der Waals surface area (Å²) in [7, 11) is 0. The predicted molar refractivity (Wildman–Crippen MR) is 344 cm³/mol. The first-order valence-electron chi connectivity index (χ1n) is 34.8. The van der Waals surface area contributed by atoms with Crippen molar-refractivity contribution < 1.29 is 28.6 Å². The van der Waals surface area contributed by atoms with Crippen molar-refractivity contribution in [1.82, 2.24) is 0 Å². The maximum atomic E-state index is 12.9. The lowest BCUT2D eigenvalue weighted by Crippen LogP contribution is -2.30. The maximum Gasteiger partial charge on any atom is 0.306 e. The van der Waals surface area contributed by atoms with Gasteiger partial charge in [0.25, 0.3) is 0 Å². The van der Waals surface area contributed by atoms with Crippen molar-refractivity contribution in [3.05, 3.63) is 60.8 Å². The minimum absolute atomic E-state index is 0.0747. The van der Waals surface area contributed by atoms with Crippen LogP contribution in [-0.2, 0) is 28.6 Å². The third-order valence-corrected chi connectivity index (χ3v) is 15.5. The van der Waals surface area contributed by atoms with Crippen molar-refractivity contribution in [2.75, 3.05) is 13.2 Å². The highest BCUT2D eigenvalue weighted by Gasteiger charge is 2.19. The van der Waals surface area contributed by atoms with Crippen LogP contribution >= 0.6 is 0 Å². The normalized spacial score (nSPS) is 12.4. The van der Waals surface area contributed by atoms with Gasteiger partial charge in [0, 0.05) is 19.3 Å². The van der Waals surface area contributed by atoms with Crippen LogP contribution in [0.5, 0.6) is 0 Å². The van der Waals surface area contributed by atoms with Crippen LogP contribution in [-0.4, -0.2) is 37.2 Å². The molecule has 0 radical (unpaired) electrons. The first-order valence-corrected chi connectivity index (χ1v) is 34.8. The van der Waals surface area contributed by atoms with E-state index in [1.165, 1.54) is 238 Å². The Bertz CT molecular complexity index is 1410. The van der Waals surface area contributed by atoms with E-state index in [0.717, 1.165) is 89.9 Å². The molecule has 460 valence electrons. The zero-order valence-corrected chi connectivity index (χ0v) is 52.9. The van der Waals surface area contributed by atoms with E-state index in [9.17, 15) is 14.4 Å². The van der Waals surface area contributed by atoms with Crippen LogP contribution in [0.25, 0.3) is 0 Å². The molecular weight excluding hydrogens is 973 g/mol. The van der Waals surface area contributed by atoms with Gasteiger partial charge >= 0.3 is 17.9 Å². The molecule has 0 bridgehead atoms. The van der Waals surface area contributed by atoms with Crippen molar-refractivity contribution in [3.63, 3.8) is 0 Å². The number of unbranched alkanes of at least 4 members (excludes halogenated alkanes) is 43. The van der Waals surface area contributed by atoms with Crippen molar-refractivity contribution in [3.8, 4) is 0 Å². The van der Waals surface area contributed by atoms with Crippen LogP contribution in [0.1, 0.15) is 367 Å². The number of hydrogen-bond donors (Lipinski definition) is 0. The molecule has 1 atom stereocenters. The van der Waals surface area contributed by atoms with Gasteiger partial charge in [0.1, 0.15) is 13.2 Å². The van der Waals surface area contributed by atoms with Gasteiger partial charge in [0.05, 0.1) is 0 Å². The smallest absolute Gasteiger partial charge is 0.306 e. The molecule has 0 aromatic heterocycles. The number of allylic oxidation sites excluding steroid dienone is 10. The molecule has 0 aromatic rings. The van der Waals surface area contributed by atoms with Gasteiger partial charge in [-0.2, -0.15) is 0 Å². The van der Waals surface area contributed by atoms with Crippen molar-refractivity contribution in [1.29, 1.82) is 0 Å². The summed E-state index contributed by atoms with van der Waals surface area (Å²) in [4.78, 5) is 38.3. The van der Waals surface area contributed by atoms with E-state index in [4.69, 9.17) is 14.2 Å². The molecule has 0 N–H and O–H groups in total. The molecule has 0 saturated heterocycles. The monoisotopic (exact) mass is 1110 g/mol. The molecular formula is C73H132O6. The molecule has 0 heterocycles. The minimum atomic E-state index is -0.779. The van der Waals surface area contributed by atoms with Crippen LogP contribution < -0.4 is 0 Å². The van der Waals surface area contributed by atoms with Crippen LogP contribution in [0.15, 0.2) is 60.8 Å². The van der Waals surface area contributed by atoms with Gasteiger partial charge in [0.2, 0.25) is 0 Å². The summed E-state index contributed by atoms with van der Waals surface area (Å²) in [6.45, 7) is 6.54. The van der Waals surface area contributed by atoms with Gasteiger partial charge in [-0.3, -0.25) is 14.4 Å². The molecule has 79 heavy (non-hydrogen) atoms. The fraction of sp³-hybridized carbons (Fsp3) is 0.822. The fourth-order valence-electron chi connectivity index (χ4n) is 10.3. The van der Waals surface area contributed by atoms with Crippen LogP contribution in [0, 0.1) is 0 Å². The van der Waals surface area contributed by atoms with Crippen LogP contribution in [0.2, 0.25) is 0 Å². The van der Waals surface area contributed by atoms with E-state index in [1.807, 2.05) is 0 Å². The molecule has 6 nitrogen and oxygen atoms in total. The standard InChI is InChI=1S/C73H132O6/c1-4-7-10-13-16-19-22-24-26-28-30-32-34-35-36-37-39-40-42-44-46-48-51-54-57-60-63-66-72(75)78-69-70(68-77-71(74)65-62-59-56-53-50-21-18-15-12-9-6-3)79-73(76)67-64-61-58-55-52-49-47-45-43-41-38-33-31-29-27-25-23-20-17-14-11-8-5-2/h8,11,15,17-18,20,25,27,31,33,70H,4-7,9-10,12-14,16,19,21-24,26,28-30,32,34-69H2,1-3H3/b11-8-,18-15-,20-17-,27-25-,33-31-. The van der Waals surface area contributed by atoms with Gasteiger partial charge in [0.15, 0.2) is 6.10 Å². The molecule has 0 amide bonds. The Balaban J connectivity index is 4.19. The lowest BCUT2D eigenvalue weighted by Gasteiger charge is -2.18. The molecule has 0 fully saturated rings. The molecule has 0 saturated carbocycles. The Morgan fingerprint density at radius 2 is 0.506 bits per heavy atom. The second-order valence-corrected chi connectivity index (χ2v) is 23.4. The van der Waals surface area contributed by atoms with Crippen LogP contribution in [0.4, 0.5) is 0 Å². The molecule has 0 spiro atoms. The predicted octanol–water partition coefficient (Wildman–Crippen LogP) is 23.9. The van der Waals surface area contributed by atoms with Gasteiger partial charge in [-0.25, -0.2) is 0 Å². The van der Waals surface area contributed by atoms with Gasteiger partial charge in [-0.05, 0) is 77.0 Å². The highest BCUT2D eigenvalue weighted by molar-refractivity contribution is 5.71. The van der Waals surface area contributed by atoms with Gasteiger partial charge < -0.3 is 14.2 Å². The van der Waals surface area contributed by atoms with Crippen molar-refractivity contribution in [2.24, 2.45) is 0 Å². The van der Waals surface area contributed by atoms with Crippen molar-refractivity contribution >= 4 is 17.9 Å². The van der Waals surface area contributed by atoms with E-state index in [-0.39, 0.29) is 31.1 Å². The summed E-state index contributed by atoms with van der Waals surface area (Å²) in [6.07, 6.45) is 86.9. The Morgan fingerprint density at radius 3 is 0.823 bits per heavy atom. The first kappa shape index (κ1) is 76.1. The molecule has 0 aliphatic heterocycles. The number of esters is 3. The highest BCUT2D eigenvalue weighted by atomic mass is 16.6. The summed E-state index contributed by atoms with van der Waals surface area (Å²) in [6, 6.07) is 0. The second kappa shape index (κ2) is 67.6. The quantitative estimate of drug-likeness (QED) is 0.0261. The molecule has 0 aliphatic carbocycles. The Morgan fingerprint density at radius 1 is 0.266 bits per heavy atom. The number of carbonyl (C=O) groups excluding carboxylic acids is 3. The average molecular weight is 1110 g/mol. The number of rotatable bonds is 64. The average Bonchev–Trinajstić information content (AvgIpc) is 3.45. The van der Waals surface area contributed by atoms with E-state index in [2.05, 4.69) is 81.5 Å². The lowest BCUT2D eigenvalue weighted by molar-refractivity contribution is -0.167. The summed E-state index contributed by atoms with van der Waals surface area (Å²) in [5.74, 6) is -0.868. The zero-order chi connectivity index (χ0) is 57.1. The molecule has 1 unspecified atom stereocenters. The third kappa shape index (κ3) is 65.8.